The number of aromatic nitrogens is 1. The van der Waals surface area contributed by atoms with Crippen LogP contribution in [-0.4, -0.2) is 29.3 Å². The molecule has 33 heavy (non-hydrogen) atoms. The zero-order chi connectivity index (χ0) is 23.1. The zero-order valence-corrected chi connectivity index (χ0v) is 18.9. The maximum atomic E-state index is 13.0. The summed E-state index contributed by atoms with van der Waals surface area (Å²) in [5.74, 6) is -0.706. The highest BCUT2D eigenvalue weighted by atomic mass is 35.5. The second kappa shape index (κ2) is 8.31. The first-order valence-corrected chi connectivity index (χ1v) is 11.3. The Morgan fingerprint density at radius 2 is 1.85 bits per heavy atom. The van der Waals surface area contributed by atoms with Crippen molar-refractivity contribution in [3.8, 4) is 5.75 Å². The Kier molecular flexibility index (Phi) is 5.32. The van der Waals surface area contributed by atoms with Crippen LogP contribution >= 0.6 is 22.9 Å². The number of benzene rings is 3. The van der Waals surface area contributed by atoms with E-state index in [1.807, 2.05) is 25.1 Å². The van der Waals surface area contributed by atoms with Crippen molar-refractivity contribution in [2.24, 2.45) is 0 Å². The van der Waals surface area contributed by atoms with Crippen LogP contribution in [-0.2, 0) is 0 Å². The van der Waals surface area contributed by atoms with E-state index in [-0.39, 0.29) is 21.7 Å². The largest absolute Gasteiger partial charge is 0.494 e. The highest BCUT2D eigenvalue weighted by Gasteiger charge is 2.38. The van der Waals surface area contributed by atoms with Gasteiger partial charge in [0.1, 0.15) is 5.75 Å². The smallest absolute Gasteiger partial charge is 0.266 e. The van der Waals surface area contributed by atoms with Crippen LogP contribution in [0.4, 0.5) is 10.8 Å². The summed E-state index contributed by atoms with van der Waals surface area (Å²) in [5, 5.41) is 3.47. The number of nitrogens with one attached hydrogen (secondary N) is 1. The maximum absolute atomic E-state index is 13.0. The maximum Gasteiger partial charge on any atom is 0.266 e. The van der Waals surface area contributed by atoms with Crippen LogP contribution in [0.25, 0.3) is 10.2 Å². The average Bonchev–Trinajstić information content (AvgIpc) is 3.31. The van der Waals surface area contributed by atoms with Gasteiger partial charge in [0.25, 0.3) is 17.7 Å². The molecular formula is C24H16ClN3O4S. The molecule has 0 radical (unpaired) electrons. The van der Waals surface area contributed by atoms with Crippen LogP contribution in [0, 0.1) is 0 Å². The fourth-order valence-corrected chi connectivity index (χ4v) is 4.73. The van der Waals surface area contributed by atoms with Gasteiger partial charge in [-0.15, -0.1) is 0 Å². The predicted molar refractivity (Wildman–Crippen MR) is 128 cm³/mol. The van der Waals surface area contributed by atoms with Crippen LogP contribution in [0.3, 0.4) is 0 Å². The summed E-state index contributed by atoms with van der Waals surface area (Å²) in [6.45, 7) is 2.46. The number of ether oxygens (including phenoxy) is 1. The van der Waals surface area contributed by atoms with Crippen LogP contribution < -0.4 is 15.0 Å². The second-order valence-electron chi connectivity index (χ2n) is 7.19. The van der Waals surface area contributed by atoms with Gasteiger partial charge >= 0.3 is 0 Å². The van der Waals surface area contributed by atoms with Crippen molar-refractivity contribution in [3.05, 3.63) is 82.4 Å². The third kappa shape index (κ3) is 3.73. The number of halogens is 1. The molecule has 3 amide bonds. The monoisotopic (exact) mass is 477 g/mol. The number of anilines is 2. The van der Waals surface area contributed by atoms with E-state index in [9.17, 15) is 14.4 Å². The predicted octanol–water partition coefficient (Wildman–Crippen LogP) is 5.40. The van der Waals surface area contributed by atoms with Gasteiger partial charge in [-0.25, -0.2) is 9.88 Å². The number of carbonyl (C=O) groups excluding carboxylic acids is 3. The molecule has 0 saturated heterocycles. The molecule has 2 heterocycles. The minimum Gasteiger partial charge on any atom is -0.494 e. The highest BCUT2D eigenvalue weighted by Crippen LogP contribution is 2.34. The number of rotatable bonds is 5. The fourth-order valence-electron chi connectivity index (χ4n) is 3.62. The number of para-hydroxylation sites is 1. The average molecular weight is 478 g/mol. The van der Waals surface area contributed by atoms with Crippen LogP contribution in [0.5, 0.6) is 5.75 Å². The Morgan fingerprint density at radius 1 is 1.06 bits per heavy atom. The van der Waals surface area contributed by atoms with Crippen LogP contribution in [0.15, 0.2) is 60.7 Å². The highest BCUT2D eigenvalue weighted by molar-refractivity contribution is 7.22. The number of imide groups is 1. The molecular weight excluding hydrogens is 462 g/mol. The van der Waals surface area contributed by atoms with Gasteiger partial charge in [0.05, 0.1) is 38.7 Å². The van der Waals surface area contributed by atoms with Crippen LogP contribution in [0.2, 0.25) is 5.02 Å². The minimum atomic E-state index is -0.527. The summed E-state index contributed by atoms with van der Waals surface area (Å²) in [7, 11) is 0. The number of hydrogen-bond acceptors (Lipinski definition) is 6. The van der Waals surface area contributed by atoms with Crippen molar-refractivity contribution >= 4 is 61.7 Å². The molecule has 1 aliphatic rings. The molecule has 0 saturated carbocycles. The lowest BCUT2D eigenvalue weighted by Gasteiger charge is -2.15. The molecule has 1 N–H and O–H groups in total. The topological polar surface area (TPSA) is 88.6 Å². The van der Waals surface area contributed by atoms with E-state index in [1.165, 1.54) is 29.5 Å². The second-order valence-corrected chi connectivity index (χ2v) is 8.63. The van der Waals surface area contributed by atoms with E-state index < -0.39 is 17.7 Å². The van der Waals surface area contributed by atoms with Crippen molar-refractivity contribution < 1.29 is 19.1 Å². The molecule has 1 aromatic heterocycles. The molecule has 0 atom stereocenters. The molecule has 4 aromatic rings. The number of hydrogen-bond donors (Lipinski definition) is 1. The molecule has 3 aromatic carbocycles. The zero-order valence-electron chi connectivity index (χ0n) is 17.3. The minimum absolute atomic E-state index is 0.151. The van der Waals surface area contributed by atoms with E-state index in [1.54, 1.807) is 24.3 Å². The van der Waals surface area contributed by atoms with Crippen LogP contribution in [0.1, 0.15) is 38.0 Å². The van der Waals surface area contributed by atoms with E-state index in [0.29, 0.717) is 17.4 Å². The molecule has 0 fully saturated rings. The first-order valence-electron chi connectivity index (χ1n) is 10.1. The summed E-state index contributed by atoms with van der Waals surface area (Å²) in [6, 6.07) is 16.5. The van der Waals surface area contributed by atoms with Gasteiger partial charge in [-0.2, -0.15) is 0 Å². The molecule has 5 rings (SSSR count). The summed E-state index contributed by atoms with van der Waals surface area (Å²) >= 11 is 7.51. The number of fused-ring (bicyclic) bond motifs is 2. The normalized spacial score (nSPS) is 12.8. The molecule has 0 unspecified atom stereocenters. The van der Waals surface area contributed by atoms with Gasteiger partial charge < -0.3 is 4.74 Å². The summed E-state index contributed by atoms with van der Waals surface area (Å²) < 4.78 is 6.38. The van der Waals surface area contributed by atoms with Gasteiger partial charge in [-0.05, 0) is 55.5 Å². The third-order valence-electron chi connectivity index (χ3n) is 5.13. The lowest BCUT2D eigenvalue weighted by atomic mass is 10.1. The number of amides is 3. The molecule has 0 aliphatic carbocycles. The van der Waals surface area contributed by atoms with Gasteiger partial charge in [0.2, 0.25) is 0 Å². The molecule has 0 spiro atoms. The molecule has 164 valence electrons. The van der Waals surface area contributed by atoms with E-state index in [4.69, 9.17) is 16.3 Å². The van der Waals surface area contributed by atoms with Crippen molar-refractivity contribution in [2.45, 2.75) is 6.92 Å². The quantitative estimate of drug-likeness (QED) is 0.389. The number of carbonyl (C=O) groups is 3. The lowest BCUT2D eigenvalue weighted by Crippen LogP contribution is -2.29. The number of nitrogens with zero attached hydrogens (tertiary/aromatic N) is 2. The standard InChI is InChI=1S/C24H16ClN3O4S/c1-2-32-14-8-10-18-20(12-14)33-24(26-18)27-21(29)13-7-9-15-16(11-13)23(31)28(22(15)30)19-6-4-3-5-17(19)25/h3-12H,2H2,1H3,(H,26,27,29). The van der Waals surface area contributed by atoms with Gasteiger partial charge in [-0.3, -0.25) is 19.7 Å². The van der Waals surface area contributed by atoms with E-state index in [0.717, 1.165) is 20.9 Å². The lowest BCUT2D eigenvalue weighted by molar-refractivity contribution is 0.0925. The fraction of sp³-hybridized carbons (Fsp3) is 0.0833. The van der Waals surface area contributed by atoms with Crippen molar-refractivity contribution in [3.63, 3.8) is 0 Å². The Morgan fingerprint density at radius 3 is 2.64 bits per heavy atom. The Bertz CT molecular complexity index is 1450. The Labute approximate surface area is 197 Å². The van der Waals surface area contributed by atoms with Gasteiger partial charge in [0.15, 0.2) is 5.13 Å². The van der Waals surface area contributed by atoms with E-state index in [2.05, 4.69) is 10.3 Å². The van der Waals surface area contributed by atoms with E-state index >= 15 is 0 Å². The SMILES string of the molecule is CCOc1ccc2nc(NC(=O)c3ccc4c(c3)C(=O)N(c3ccccc3Cl)C4=O)sc2c1. The first-order chi connectivity index (χ1) is 16.0. The summed E-state index contributed by atoms with van der Waals surface area (Å²) in [5.41, 5.74) is 1.66. The summed E-state index contributed by atoms with van der Waals surface area (Å²) in [6.07, 6.45) is 0. The third-order valence-corrected chi connectivity index (χ3v) is 6.39. The molecule has 0 bridgehead atoms. The van der Waals surface area contributed by atoms with Crippen molar-refractivity contribution in [1.29, 1.82) is 0 Å². The van der Waals surface area contributed by atoms with Gasteiger partial charge in [0, 0.05) is 5.56 Å². The van der Waals surface area contributed by atoms with Crippen molar-refractivity contribution in [2.75, 3.05) is 16.8 Å². The molecule has 7 nitrogen and oxygen atoms in total. The summed E-state index contributed by atoms with van der Waals surface area (Å²) in [4.78, 5) is 44.1. The Balaban J connectivity index is 1.41. The van der Waals surface area contributed by atoms with Gasteiger partial charge in [-0.1, -0.05) is 35.1 Å². The Hall–Kier alpha value is -3.75. The first kappa shape index (κ1) is 21.1. The molecule has 1 aliphatic heterocycles. The van der Waals surface area contributed by atoms with Crippen molar-refractivity contribution in [1.82, 2.24) is 4.98 Å². The molecule has 9 heteroatoms. The number of thiazole rings is 1.